The van der Waals surface area contributed by atoms with Gasteiger partial charge < -0.3 is 11.1 Å². The number of hydrogen-bond acceptors (Lipinski definition) is 2. The first kappa shape index (κ1) is 12.8. The third kappa shape index (κ3) is 3.40. The maximum Gasteiger partial charge on any atom is 0.127 e. The molecule has 0 aliphatic rings. The highest BCUT2D eigenvalue weighted by Crippen LogP contribution is 2.20. The normalized spacial score (nSPS) is 12.8. The molecule has 0 aliphatic heterocycles. The Kier molecular flexibility index (Phi) is 4.59. The van der Waals surface area contributed by atoms with Crippen molar-refractivity contribution in [1.29, 1.82) is 0 Å². The second-order valence-electron chi connectivity index (χ2n) is 4.28. The van der Waals surface area contributed by atoms with Gasteiger partial charge in [0.15, 0.2) is 0 Å². The van der Waals surface area contributed by atoms with Gasteiger partial charge in [0.05, 0.1) is 0 Å². The number of hydrogen-bond donors (Lipinski definition) is 2. The molecule has 1 atom stereocenters. The highest BCUT2D eigenvalue weighted by atomic mass is 19.1. The van der Waals surface area contributed by atoms with Crippen LogP contribution in [0.1, 0.15) is 33.6 Å². The zero-order valence-corrected chi connectivity index (χ0v) is 10.3. The van der Waals surface area contributed by atoms with Gasteiger partial charge in [0.25, 0.3) is 0 Å². The minimum atomic E-state index is -0.292. The van der Waals surface area contributed by atoms with Crippen LogP contribution in [0, 0.1) is 11.7 Å². The summed E-state index contributed by atoms with van der Waals surface area (Å²) in [4.78, 5) is 0. The maximum atomic E-state index is 13.1. The number of halogens is 1. The van der Waals surface area contributed by atoms with Crippen LogP contribution in [0.2, 0.25) is 0 Å². The molecule has 0 amide bonds. The molecule has 2 nitrogen and oxygen atoms in total. The Balaban J connectivity index is 2.72. The summed E-state index contributed by atoms with van der Waals surface area (Å²) in [5, 5.41) is 3.31. The van der Waals surface area contributed by atoms with Crippen LogP contribution in [0.5, 0.6) is 0 Å². The lowest BCUT2D eigenvalue weighted by Gasteiger charge is -2.23. The molecule has 1 aromatic carbocycles. The zero-order valence-electron chi connectivity index (χ0n) is 10.3. The summed E-state index contributed by atoms with van der Waals surface area (Å²) in [6.07, 6.45) is 2.24. The van der Waals surface area contributed by atoms with Gasteiger partial charge in [-0.2, -0.15) is 0 Å². The minimum absolute atomic E-state index is 0.292. The van der Waals surface area contributed by atoms with Crippen molar-refractivity contribution >= 4 is 11.4 Å². The van der Waals surface area contributed by atoms with E-state index in [1.807, 2.05) is 0 Å². The maximum absolute atomic E-state index is 13.1. The van der Waals surface area contributed by atoms with Crippen LogP contribution in [0.3, 0.4) is 0 Å². The van der Waals surface area contributed by atoms with Crippen molar-refractivity contribution in [2.45, 2.75) is 39.7 Å². The Morgan fingerprint density at radius 2 is 1.88 bits per heavy atom. The second kappa shape index (κ2) is 5.73. The highest BCUT2D eigenvalue weighted by molar-refractivity contribution is 5.55. The molecule has 0 heterocycles. The standard InChI is InChI=1S/C13H21FN2/c1-4-10(5-2)9(3)16-13-7-11(14)6-12(15)8-13/h6-10,16H,4-5,15H2,1-3H3. The number of benzene rings is 1. The predicted molar refractivity (Wildman–Crippen MR) is 68.0 cm³/mol. The summed E-state index contributed by atoms with van der Waals surface area (Å²) >= 11 is 0. The molecule has 0 aliphatic carbocycles. The molecule has 0 saturated carbocycles. The summed E-state index contributed by atoms with van der Waals surface area (Å²) in [7, 11) is 0. The molecule has 3 heteroatoms. The average Bonchev–Trinajstić information content (AvgIpc) is 2.17. The third-order valence-corrected chi connectivity index (χ3v) is 3.07. The van der Waals surface area contributed by atoms with Gasteiger partial charge in [-0.25, -0.2) is 4.39 Å². The quantitative estimate of drug-likeness (QED) is 0.749. The van der Waals surface area contributed by atoms with Gasteiger partial charge in [-0.3, -0.25) is 0 Å². The molecule has 1 aromatic rings. The number of nitrogens with one attached hydrogen (secondary N) is 1. The Hall–Kier alpha value is -1.25. The summed E-state index contributed by atoms with van der Waals surface area (Å²) in [5.74, 6) is 0.309. The van der Waals surface area contributed by atoms with Crippen molar-refractivity contribution in [2.75, 3.05) is 11.1 Å². The van der Waals surface area contributed by atoms with Crippen molar-refractivity contribution in [3.63, 3.8) is 0 Å². The fourth-order valence-corrected chi connectivity index (χ4v) is 2.07. The molecule has 1 unspecified atom stereocenters. The molecular weight excluding hydrogens is 203 g/mol. The molecule has 16 heavy (non-hydrogen) atoms. The van der Waals surface area contributed by atoms with Crippen LogP contribution in [0.15, 0.2) is 18.2 Å². The molecule has 0 aromatic heterocycles. The zero-order chi connectivity index (χ0) is 12.1. The number of rotatable bonds is 5. The number of nitrogens with two attached hydrogens (primary N) is 1. The van der Waals surface area contributed by atoms with E-state index < -0.39 is 0 Å². The molecule has 1 rings (SSSR count). The van der Waals surface area contributed by atoms with Crippen LogP contribution in [-0.4, -0.2) is 6.04 Å². The molecule has 0 bridgehead atoms. The lowest BCUT2D eigenvalue weighted by molar-refractivity contribution is 0.437. The van der Waals surface area contributed by atoms with Crippen LogP contribution in [-0.2, 0) is 0 Å². The highest BCUT2D eigenvalue weighted by Gasteiger charge is 2.13. The molecule has 3 N–H and O–H groups in total. The first-order chi connectivity index (χ1) is 7.56. The van der Waals surface area contributed by atoms with E-state index >= 15 is 0 Å². The van der Waals surface area contributed by atoms with E-state index in [9.17, 15) is 4.39 Å². The van der Waals surface area contributed by atoms with Gasteiger partial charge in [0.1, 0.15) is 5.82 Å². The van der Waals surface area contributed by atoms with E-state index in [0.29, 0.717) is 17.6 Å². The monoisotopic (exact) mass is 224 g/mol. The van der Waals surface area contributed by atoms with Crippen LogP contribution < -0.4 is 11.1 Å². The largest absolute Gasteiger partial charge is 0.399 e. The van der Waals surface area contributed by atoms with Crippen molar-refractivity contribution in [1.82, 2.24) is 0 Å². The molecule has 0 spiro atoms. The average molecular weight is 224 g/mol. The van der Waals surface area contributed by atoms with Crippen LogP contribution in [0.25, 0.3) is 0 Å². The Morgan fingerprint density at radius 3 is 2.38 bits per heavy atom. The SMILES string of the molecule is CCC(CC)C(C)Nc1cc(N)cc(F)c1. The van der Waals surface area contributed by atoms with Crippen LogP contribution in [0.4, 0.5) is 15.8 Å². The summed E-state index contributed by atoms with van der Waals surface area (Å²) in [6, 6.07) is 4.90. The fraction of sp³-hybridized carbons (Fsp3) is 0.538. The first-order valence-corrected chi connectivity index (χ1v) is 5.89. The molecule has 0 saturated heterocycles. The van der Waals surface area contributed by atoms with E-state index in [1.165, 1.54) is 12.1 Å². The summed E-state index contributed by atoms with van der Waals surface area (Å²) < 4.78 is 13.1. The van der Waals surface area contributed by atoms with Gasteiger partial charge in [0, 0.05) is 17.4 Å². The van der Waals surface area contributed by atoms with Gasteiger partial charge in [-0.15, -0.1) is 0 Å². The van der Waals surface area contributed by atoms with Gasteiger partial charge in [-0.1, -0.05) is 26.7 Å². The Labute approximate surface area is 97.0 Å². The fourth-order valence-electron chi connectivity index (χ4n) is 2.07. The van der Waals surface area contributed by atoms with Crippen molar-refractivity contribution in [3.05, 3.63) is 24.0 Å². The van der Waals surface area contributed by atoms with E-state index in [1.54, 1.807) is 6.07 Å². The van der Waals surface area contributed by atoms with Gasteiger partial charge >= 0.3 is 0 Å². The molecular formula is C13H21FN2. The molecule has 0 radical (unpaired) electrons. The number of anilines is 2. The summed E-state index contributed by atoms with van der Waals surface area (Å²) in [6.45, 7) is 6.47. The lowest BCUT2D eigenvalue weighted by atomic mass is 9.95. The van der Waals surface area contributed by atoms with Crippen LogP contribution >= 0.6 is 0 Å². The van der Waals surface area contributed by atoms with Gasteiger partial charge in [0.2, 0.25) is 0 Å². The molecule has 0 fully saturated rings. The van der Waals surface area contributed by atoms with E-state index in [4.69, 9.17) is 5.73 Å². The summed E-state index contributed by atoms with van der Waals surface area (Å²) in [5.41, 5.74) is 6.81. The Bertz CT molecular complexity index is 314. The van der Waals surface area contributed by atoms with E-state index in [2.05, 4.69) is 26.1 Å². The number of nitrogen functional groups attached to an aromatic ring is 1. The van der Waals surface area contributed by atoms with Crippen molar-refractivity contribution in [3.8, 4) is 0 Å². The second-order valence-corrected chi connectivity index (χ2v) is 4.28. The lowest BCUT2D eigenvalue weighted by Crippen LogP contribution is -2.25. The Morgan fingerprint density at radius 1 is 1.25 bits per heavy atom. The van der Waals surface area contributed by atoms with Crippen molar-refractivity contribution in [2.24, 2.45) is 5.92 Å². The van der Waals surface area contributed by atoms with E-state index in [0.717, 1.165) is 18.5 Å². The minimum Gasteiger partial charge on any atom is -0.399 e. The topological polar surface area (TPSA) is 38.0 Å². The predicted octanol–water partition coefficient (Wildman–Crippen LogP) is 3.64. The molecule has 90 valence electrons. The van der Waals surface area contributed by atoms with Crippen molar-refractivity contribution < 1.29 is 4.39 Å². The third-order valence-electron chi connectivity index (χ3n) is 3.07. The van der Waals surface area contributed by atoms with E-state index in [-0.39, 0.29) is 5.82 Å². The van der Waals surface area contributed by atoms with Gasteiger partial charge in [-0.05, 0) is 31.0 Å². The first-order valence-electron chi connectivity index (χ1n) is 5.89. The smallest absolute Gasteiger partial charge is 0.127 e.